The Labute approximate surface area is 208 Å². The summed E-state index contributed by atoms with van der Waals surface area (Å²) < 4.78 is 18.8. The molecule has 0 spiro atoms. The SMILES string of the molecule is C=CCOc1ccc(C2=NN3[C@H](C2)c2cc(Br)ccc2O[C@@H]3c2ccc(OCC=C)cc2)cc1. The third-order valence-electron chi connectivity index (χ3n) is 5.84. The van der Waals surface area contributed by atoms with E-state index in [2.05, 4.69) is 52.3 Å². The van der Waals surface area contributed by atoms with Crippen LogP contribution in [0.5, 0.6) is 17.2 Å². The fourth-order valence-corrected chi connectivity index (χ4v) is 4.61. The highest BCUT2D eigenvalue weighted by atomic mass is 79.9. The van der Waals surface area contributed by atoms with E-state index in [1.807, 2.05) is 48.5 Å². The molecular formula is C28H25BrN2O3. The van der Waals surface area contributed by atoms with E-state index in [-0.39, 0.29) is 12.3 Å². The van der Waals surface area contributed by atoms with Crippen LogP contribution in [-0.4, -0.2) is 23.9 Å². The van der Waals surface area contributed by atoms with Crippen LogP contribution in [0.2, 0.25) is 0 Å². The Hall–Kier alpha value is -3.51. The van der Waals surface area contributed by atoms with Crippen LogP contribution in [0.25, 0.3) is 0 Å². The first kappa shape index (κ1) is 22.3. The van der Waals surface area contributed by atoms with E-state index in [1.54, 1.807) is 12.2 Å². The topological polar surface area (TPSA) is 43.3 Å². The van der Waals surface area contributed by atoms with Crippen LogP contribution in [0, 0.1) is 0 Å². The summed E-state index contributed by atoms with van der Waals surface area (Å²) in [5.41, 5.74) is 4.24. The lowest BCUT2D eigenvalue weighted by atomic mass is 9.96. The molecule has 0 bridgehead atoms. The van der Waals surface area contributed by atoms with Gasteiger partial charge < -0.3 is 14.2 Å². The predicted octanol–water partition coefficient (Wildman–Crippen LogP) is 6.82. The zero-order valence-corrected chi connectivity index (χ0v) is 20.3. The molecule has 0 aliphatic carbocycles. The predicted molar refractivity (Wildman–Crippen MR) is 138 cm³/mol. The van der Waals surface area contributed by atoms with E-state index in [9.17, 15) is 0 Å². The minimum atomic E-state index is -0.333. The number of nitrogens with zero attached hydrogens (tertiary/aromatic N) is 2. The standard InChI is InChI=1S/C28H25BrN2O3/c1-3-15-32-22-10-5-19(6-11-22)25-18-26-24-17-21(29)9-14-27(24)34-28(31(26)30-25)20-7-12-23(13-8-20)33-16-4-2/h3-14,17,26,28H,1-2,15-16,18H2/t26-,28-/m1/s1. The van der Waals surface area contributed by atoms with Gasteiger partial charge >= 0.3 is 0 Å². The highest BCUT2D eigenvalue weighted by Gasteiger charge is 2.41. The monoisotopic (exact) mass is 516 g/mol. The van der Waals surface area contributed by atoms with E-state index < -0.39 is 0 Å². The lowest BCUT2D eigenvalue weighted by Crippen LogP contribution is -2.33. The van der Waals surface area contributed by atoms with Crippen molar-refractivity contribution in [1.82, 2.24) is 5.01 Å². The van der Waals surface area contributed by atoms with Gasteiger partial charge in [0.15, 0.2) is 0 Å². The Morgan fingerprint density at radius 3 is 2.24 bits per heavy atom. The molecule has 0 amide bonds. The fourth-order valence-electron chi connectivity index (χ4n) is 4.24. The highest BCUT2D eigenvalue weighted by Crippen LogP contribution is 2.48. The number of fused-ring (bicyclic) bond motifs is 3. The van der Waals surface area contributed by atoms with Gasteiger partial charge in [0.05, 0.1) is 11.8 Å². The molecule has 2 aliphatic heterocycles. The normalized spacial score (nSPS) is 18.3. The Morgan fingerprint density at radius 1 is 0.941 bits per heavy atom. The summed E-state index contributed by atoms with van der Waals surface area (Å²) in [7, 11) is 0. The van der Waals surface area contributed by atoms with Gasteiger partial charge in [-0.2, -0.15) is 5.10 Å². The molecule has 0 saturated heterocycles. The van der Waals surface area contributed by atoms with Gasteiger partial charge in [-0.15, -0.1) is 0 Å². The van der Waals surface area contributed by atoms with Crippen molar-refractivity contribution in [2.24, 2.45) is 5.10 Å². The van der Waals surface area contributed by atoms with Crippen molar-refractivity contribution in [3.05, 3.63) is 113 Å². The Kier molecular flexibility index (Phi) is 6.41. The van der Waals surface area contributed by atoms with E-state index in [0.717, 1.165) is 50.5 Å². The molecule has 6 heteroatoms. The average Bonchev–Trinajstić information content (AvgIpc) is 3.32. The maximum Gasteiger partial charge on any atom is 0.213 e. The molecule has 2 aliphatic rings. The van der Waals surface area contributed by atoms with E-state index in [4.69, 9.17) is 19.3 Å². The van der Waals surface area contributed by atoms with Crippen molar-refractivity contribution in [2.75, 3.05) is 13.2 Å². The Balaban J connectivity index is 1.47. The Bertz CT molecular complexity index is 1220. The third-order valence-corrected chi connectivity index (χ3v) is 6.33. The summed E-state index contributed by atoms with van der Waals surface area (Å²) in [6.45, 7) is 8.35. The number of rotatable bonds is 8. The molecule has 0 saturated carbocycles. The second-order valence-electron chi connectivity index (χ2n) is 8.09. The zero-order chi connectivity index (χ0) is 23.5. The second-order valence-corrected chi connectivity index (χ2v) is 9.01. The number of ether oxygens (including phenoxy) is 3. The van der Waals surface area contributed by atoms with Crippen molar-refractivity contribution in [3.63, 3.8) is 0 Å². The van der Waals surface area contributed by atoms with Crippen molar-refractivity contribution < 1.29 is 14.2 Å². The summed E-state index contributed by atoms with van der Waals surface area (Å²) in [4.78, 5) is 0. The second kappa shape index (κ2) is 9.77. The number of benzene rings is 3. The molecule has 2 atom stereocenters. The molecule has 5 rings (SSSR count). The van der Waals surface area contributed by atoms with Crippen LogP contribution in [0.3, 0.4) is 0 Å². The van der Waals surface area contributed by atoms with Gasteiger partial charge in [-0.1, -0.05) is 41.2 Å². The zero-order valence-electron chi connectivity index (χ0n) is 18.7. The average molecular weight is 517 g/mol. The molecule has 2 heterocycles. The minimum absolute atomic E-state index is 0.0784. The largest absolute Gasteiger partial charge is 0.490 e. The van der Waals surface area contributed by atoms with Gasteiger partial charge in [0.1, 0.15) is 30.5 Å². The smallest absolute Gasteiger partial charge is 0.213 e. The first-order valence-electron chi connectivity index (χ1n) is 11.2. The molecular weight excluding hydrogens is 492 g/mol. The lowest BCUT2D eigenvalue weighted by Gasteiger charge is -2.38. The number of halogens is 1. The number of hydrogen-bond donors (Lipinski definition) is 0. The summed E-state index contributed by atoms with van der Waals surface area (Å²) in [5.74, 6) is 2.49. The molecule has 0 N–H and O–H groups in total. The van der Waals surface area contributed by atoms with Gasteiger partial charge in [-0.25, -0.2) is 5.01 Å². The number of hydrogen-bond acceptors (Lipinski definition) is 5. The van der Waals surface area contributed by atoms with E-state index in [1.165, 1.54) is 0 Å². The molecule has 172 valence electrons. The quantitative estimate of drug-likeness (QED) is 0.308. The van der Waals surface area contributed by atoms with Crippen LogP contribution < -0.4 is 14.2 Å². The van der Waals surface area contributed by atoms with Crippen LogP contribution in [0.15, 0.2) is 102 Å². The van der Waals surface area contributed by atoms with Crippen LogP contribution in [0.4, 0.5) is 0 Å². The van der Waals surface area contributed by atoms with E-state index >= 15 is 0 Å². The molecule has 0 unspecified atom stereocenters. The molecule has 3 aromatic carbocycles. The summed E-state index contributed by atoms with van der Waals surface area (Å²) in [6.07, 6.45) is 3.92. The minimum Gasteiger partial charge on any atom is -0.490 e. The van der Waals surface area contributed by atoms with E-state index in [0.29, 0.717) is 13.2 Å². The Morgan fingerprint density at radius 2 is 1.59 bits per heavy atom. The molecule has 5 nitrogen and oxygen atoms in total. The molecule has 0 radical (unpaired) electrons. The summed E-state index contributed by atoms with van der Waals surface area (Å²) in [6, 6.07) is 22.3. The van der Waals surface area contributed by atoms with Crippen molar-refractivity contribution >= 4 is 21.6 Å². The van der Waals surface area contributed by atoms with Gasteiger partial charge in [-0.3, -0.25) is 0 Å². The van der Waals surface area contributed by atoms with Gasteiger partial charge in [0.2, 0.25) is 6.23 Å². The fraction of sp³-hybridized carbons (Fsp3) is 0.179. The van der Waals surface area contributed by atoms with Gasteiger partial charge in [-0.05, 0) is 72.3 Å². The van der Waals surface area contributed by atoms with Crippen molar-refractivity contribution in [3.8, 4) is 17.2 Å². The van der Waals surface area contributed by atoms with Crippen LogP contribution in [0.1, 0.15) is 35.4 Å². The van der Waals surface area contributed by atoms with Gasteiger partial charge in [0, 0.05) is 22.0 Å². The van der Waals surface area contributed by atoms with Crippen molar-refractivity contribution in [1.29, 1.82) is 0 Å². The molecule has 34 heavy (non-hydrogen) atoms. The van der Waals surface area contributed by atoms with Crippen molar-refractivity contribution in [2.45, 2.75) is 18.7 Å². The number of hydrazone groups is 1. The summed E-state index contributed by atoms with van der Waals surface area (Å²) in [5, 5.41) is 7.11. The van der Waals surface area contributed by atoms with Crippen LogP contribution in [-0.2, 0) is 0 Å². The first-order valence-corrected chi connectivity index (χ1v) is 12.0. The van der Waals surface area contributed by atoms with Gasteiger partial charge in [0.25, 0.3) is 0 Å². The molecule has 0 aromatic heterocycles. The maximum absolute atomic E-state index is 6.47. The maximum atomic E-state index is 6.47. The molecule has 0 fully saturated rings. The highest BCUT2D eigenvalue weighted by molar-refractivity contribution is 9.10. The van der Waals surface area contributed by atoms with Crippen LogP contribution >= 0.6 is 15.9 Å². The first-order chi connectivity index (χ1) is 16.7. The lowest BCUT2D eigenvalue weighted by molar-refractivity contribution is -0.0191. The molecule has 3 aromatic rings. The summed E-state index contributed by atoms with van der Waals surface area (Å²) >= 11 is 3.61. The third kappa shape index (κ3) is 4.46.